The number of para-hydroxylation sites is 1. The minimum absolute atomic E-state index is 0.00329. The Labute approximate surface area is 200 Å². The highest BCUT2D eigenvalue weighted by molar-refractivity contribution is 6.00. The number of ether oxygens (including phenoxy) is 1. The van der Waals surface area contributed by atoms with Crippen LogP contribution >= 0.6 is 0 Å². The molecule has 3 heterocycles. The number of carbonyl (C=O) groups excluding carboxylic acids is 1. The van der Waals surface area contributed by atoms with E-state index in [1.807, 2.05) is 11.1 Å². The number of fused-ring (bicyclic) bond motifs is 1. The molecule has 184 valence electrons. The van der Waals surface area contributed by atoms with E-state index in [-0.39, 0.29) is 29.6 Å². The molecule has 0 aliphatic carbocycles. The summed E-state index contributed by atoms with van der Waals surface area (Å²) >= 11 is 0. The Morgan fingerprint density at radius 1 is 1.32 bits per heavy atom. The first-order chi connectivity index (χ1) is 16.5. The molecule has 2 aliphatic heterocycles. The Bertz CT molecular complexity index is 1060. The number of unbranched alkanes of at least 4 members (excludes halogenated alkanes) is 1. The van der Waals surface area contributed by atoms with Crippen LogP contribution in [0.4, 0.5) is 4.39 Å². The average molecular weight is 471 g/mol. The SMILES string of the molecule is COCCCCn1c(C(=O)N(CC(C)C)[C@@H]2CNC[C@H](C3=NN=CC3)C2)nc2cccc(F)c21. The summed E-state index contributed by atoms with van der Waals surface area (Å²) in [6, 6.07) is 4.84. The third-order valence-corrected chi connectivity index (χ3v) is 6.52. The molecule has 9 heteroatoms. The summed E-state index contributed by atoms with van der Waals surface area (Å²) in [5.41, 5.74) is 1.98. The number of amides is 1. The number of aryl methyl sites for hydroxylation is 1. The number of hydrogen-bond acceptors (Lipinski definition) is 6. The minimum atomic E-state index is -0.357. The number of hydrogen-bond donors (Lipinski definition) is 1. The maximum Gasteiger partial charge on any atom is 0.290 e. The molecule has 0 unspecified atom stereocenters. The van der Waals surface area contributed by atoms with Crippen molar-refractivity contribution in [1.82, 2.24) is 19.8 Å². The van der Waals surface area contributed by atoms with Crippen molar-refractivity contribution < 1.29 is 13.9 Å². The summed E-state index contributed by atoms with van der Waals surface area (Å²) in [5, 5.41) is 11.8. The van der Waals surface area contributed by atoms with E-state index in [1.165, 1.54) is 6.07 Å². The van der Waals surface area contributed by atoms with E-state index in [0.717, 1.165) is 37.9 Å². The fourth-order valence-corrected chi connectivity index (χ4v) is 4.91. The predicted octanol–water partition coefficient (Wildman–Crippen LogP) is 3.51. The zero-order valence-electron chi connectivity index (χ0n) is 20.3. The highest BCUT2D eigenvalue weighted by Gasteiger charge is 2.35. The molecule has 4 rings (SSSR count). The summed E-state index contributed by atoms with van der Waals surface area (Å²) in [5.74, 6) is 0.335. The van der Waals surface area contributed by atoms with Gasteiger partial charge in [0.25, 0.3) is 5.91 Å². The minimum Gasteiger partial charge on any atom is -0.385 e. The van der Waals surface area contributed by atoms with Gasteiger partial charge < -0.3 is 19.5 Å². The summed E-state index contributed by atoms with van der Waals surface area (Å²) in [6.07, 6.45) is 5.03. The Morgan fingerprint density at radius 3 is 2.91 bits per heavy atom. The third kappa shape index (κ3) is 5.36. The number of aromatic nitrogens is 2. The zero-order chi connectivity index (χ0) is 24.1. The predicted molar refractivity (Wildman–Crippen MR) is 132 cm³/mol. The van der Waals surface area contributed by atoms with Crippen molar-refractivity contribution in [2.75, 3.05) is 33.4 Å². The molecule has 2 atom stereocenters. The van der Waals surface area contributed by atoms with Gasteiger partial charge in [0.05, 0.1) is 11.2 Å². The molecule has 2 aliphatic rings. The van der Waals surface area contributed by atoms with E-state index < -0.39 is 0 Å². The first-order valence-electron chi connectivity index (χ1n) is 12.2. The highest BCUT2D eigenvalue weighted by Crippen LogP contribution is 2.26. The number of piperidine rings is 1. The quantitative estimate of drug-likeness (QED) is 0.539. The summed E-state index contributed by atoms with van der Waals surface area (Å²) in [7, 11) is 1.67. The first-order valence-corrected chi connectivity index (χ1v) is 12.2. The molecule has 2 aromatic rings. The number of nitrogens with one attached hydrogen (secondary N) is 1. The van der Waals surface area contributed by atoms with Crippen LogP contribution in [-0.2, 0) is 11.3 Å². The second-order valence-corrected chi connectivity index (χ2v) is 9.58. The third-order valence-electron chi connectivity index (χ3n) is 6.52. The fourth-order valence-electron chi connectivity index (χ4n) is 4.91. The smallest absolute Gasteiger partial charge is 0.290 e. The summed E-state index contributed by atoms with van der Waals surface area (Å²) in [4.78, 5) is 20.6. The van der Waals surface area contributed by atoms with Crippen molar-refractivity contribution in [2.45, 2.75) is 52.1 Å². The van der Waals surface area contributed by atoms with Gasteiger partial charge in [-0.05, 0) is 37.3 Å². The molecule has 0 radical (unpaired) electrons. The maximum atomic E-state index is 14.8. The van der Waals surface area contributed by atoms with Gasteiger partial charge in [-0.25, -0.2) is 9.37 Å². The van der Waals surface area contributed by atoms with Gasteiger partial charge in [0.2, 0.25) is 0 Å². The molecule has 8 nitrogen and oxygen atoms in total. The lowest BCUT2D eigenvalue weighted by Crippen LogP contribution is -2.53. The number of rotatable bonds is 10. The lowest BCUT2D eigenvalue weighted by atomic mass is 9.89. The first kappa shape index (κ1) is 24.5. The Kier molecular flexibility index (Phi) is 8.05. The van der Waals surface area contributed by atoms with E-state index in [1.54, 1.807) is 23.8 Å². The molecule has 1 saturated heterocycles. The van der Waals surface area contributed by atoms with E-state index in [9.17, 15) is 9.18 Å². The van der Waals surface area contributed by atoms with E-state index in [2.05, 4.69) is 34.4 Å². The van der Waals surface area contributed by atoms with Crippen molar-refractivity contribution in [3.8, 4) is 0 Å². The van der Waals surface area contributed by atoms with Crippen LogP contribution in [-0.4, -0.2) is 71.7 Å². The van der Waals surface area contributed by atoms with Crippen LogP contribution in [0.5, 0.6) is 0 Å². The Morgan fingerprint density at radius 2 is 2.18 bits per heavy atom. The summed E-state index contributed by atoms with van der Waals surface area (Å²) < 4.78 is 21.8. The number of benzene rings is 1. The Hall–Kier alpha value is -2.65. The monoisotopic (exact) mass is 470 g/mol. The molecular formula is C25H35FN6O2. The van der Waals surface area contributed by atoms with Crippen LogP contribution in [0.1, 0.15) is 50.1 Å². The number of carbonyl (C=O) groups is 1. The van der Waals surface area contributed by atoms with E-state index >= 15 is 0 Å². The zero-order valence-corrected chi connectivity index (χ0v) is 20.3. The number of nitrogens with zero attached hydrogens (tertiary/aromatic N) is 5. The molecule has 1 fully saturated rings. The molecule has 0 saturated carbocycles. The number of imidazole rings is 1. The number of halogens is 1. The molecule has 34 heavy (non-hydrogen) atoms. The lowest BCUT2D eigenvalue weighted by molar-refractivity contribution is 0.0589. The lowest BCUT2D eigenvalue weighted by Gasteiger charge is -2.38. The largest absolute Gasteiger partial charge is 0.385 e. The van der Waals surface area contributed by atoms with Gasteiger partial charge in [-0.1, -0.05) is 19.9 Å². The van der Waals surface area contributed by atoms with Gasteiger partial charge in [0.1, 0.15) is 11.3 Å². The highest BCUT2D eigenvalue weighted by atomic mass is 19.1. The maximum absolute atomic E-state index is 14.8. The van der Waals surface area contributed by atoms with E-state index in [4.69, 9.17) is 4.74 Å². The molecule has 0 bridgehead atoms. The van der Waals surface area contributed by atoms with Crippen molar-refractivity contribution in [1.29, 1.82) is 0 Å². The van der Waals surface area contributed by atoms with Gasteiger partial charge in [0.15, 0.2) is 5.82 Å². The van der Waals surface area contributed by atoms with Crippen LogP contribution in [0.3, 0.4) is 0 Å². The average Bonchev–Trinajstić information content (AvgIpc) is 3.49. The second-order valence-electron chi connectivity index (χ2n) is 9.58. The standard InChI is InChI=1S/C25H35FN6O2/c1-17(2)16-32(19-13-18(14-27-15-19)21-9-10-28-30-21)25(33)24-29-22-8-6-7-20(26)23(22)31(24)11-4-5-12-34-3/h6-8,10,17-19,27H,4-5,9,11-16H2,1-3H3/t18-,19+/m1/s1. The van der Waals surface area contributed by atoms with Crippen LogP contribution in [0.15, 0.2) is 28.4 Å². The van der Waals surface area contributed by atoms with Crippen LogP contribution in [0.25, 0.3) is 11.0 Å². The second kappa shape index (κ2) is 11.2. The van der Waals surface area contributed by atoms with E-state index in [0.29, 0.717) is 43.1 Å². The molecule has 0 spiro atoms. The van der Waals surface area contributed by atoms with Crippen molar-refractivity contribution in [3.05, 3.63) is 29.8 Å². The van der Waals surface area contributed by atoms with Crippen LogP contribution in [0, 0.1) is 17.7 Å². The molecular weight excluding hydrogens is 435 g/mol. The number of methoxy groups -OCH3 is 1. The van der Waals surface area contributed by atoms with Crippen molar-refractivity contribution >= 4 is 28.9 Å². The van der Waals surface area contributed by atoms with Crippen LogP contribution in [0.2, 0.25) is 0 Å². The molecule has 1 aromatic carbocycles. The van der Waals surface area contributed by atoms with Crippen molar-refractivity contribution in [2.24, 2.45) is 22.0 Å². The van der Waals surface area contributed by atoms with Gasteiger partial charge in [-0.2, -0.15) is 10.2 Å². The molecule has 1 amide bonds. The van der Waals surface area contributed by atoms with Gasteiger partial charge in [0, 0.05) is 64.5 Å². The molecule has 1 N–H and O–H groups in total. The topological polar surface area (TPSA) is 84.1 Å². The molecule has 1 aromatic heterocycles. The van der Waals surface area contributed by atoms with Crippen molar-refractivity contribution in [3.63, 3.8) is 0 Å². The fraction of sp³-hybridized carbons (Fsp3) is 0.600. The van der Waals surface area contributed by atoms with Gasteiger partial charge in [-0.3, -0.25) is 4.79 Å². The van der Waals surface area contributed by atoms with Gasteiger partial charge >= 0.3 is 0 Å². The Balaban J connectivity index is 1.64. The normalized spacial score (nSPS) is 20.3. The van der Waals surface area contributed by atoms with Crippen LogP contribution < -0.4 is 5.32 Å². The summed E-state index contributed by atoms with van der Waals surface area (Å²) in [6.45, 7) is 7.51. The van der Waals surface area contributed by atoms with Gasteiger partial charge in [-0.15, -0.1) is 0 Å².